The lowest BCUT2D eigenvalue weighted by Gasteiger charge is -2.26. The zero-order valence-corrected chi connectivity index (χ0v) is 22.9. The number of hydrogen-bond donors (Lipinski definition) is 1. The Bertz CT molecular complexity index is 1390. The summed E-state index contributed by atoms with van der Waals surface area (Å²) in [4.78, 5) is 30.5. The second-order valence-corrected chi connectivity index (χ2v) is 9.98. The Morgan fingerprint density at radius 1 is 0.974 bits per heavy atom. The van der Waals surface area contributed by atoms with Crippen LogP contribution in [0.15, 0.2) is 66.2 Å². The van der Waals surface area contributed by atoms with Crippen molar-refractivity contribution in [2.75, 3.05) is 31.0 Å². The first-order chi connectivity index (χ1) is 18.0. The molecule has 7 heteroatoms. The maximum absolute atomic E-state index is 13.6. The molecule has 7 nitrogen and oxygen atoms in total. The first kappa shape index (κ1) is 26.8. The van der Waals surface area contributed by atoms with Crippen molar-refractivity contribution < 1.29 is 24.2 Å². The molecule has 0 aliphatic carbocycles. The number of aryl methyl sites for hydroxylation is 2. The molecule has 198 valence electrons. The van der Waals surface area contributed by atoms with Gasteiger partial charge in [-0.1, -0.05) is 18.2 Å². The number of amides is 1. The quantitative estimate of drug-likeness (QED) is 0.244. The van der Waals surface area contributed by atoms with Crippen LogP contribution in [0.1, 0.15) is 42.1 Å². The SMILES string of the molecule is COc1c(C)cc(C)cc1/C(O)=C1\C(=O)C(=O)N(c2ccc(N(C)C)cc2)C1c1ccc(OC(C)C)cc1. The van der Waals surface area contributed by atoms with Gasteiger partial charge in [0.1, 0.15) is 17.3 Å². The average Bonchev–Trinajstić information content (AvgIpc) is 3.13. The standard InChI is InChI=1S/C31H34N2O5/c1-18(2)38-24-14-8-21(9-15-24)27-26(28(34)25-17-19(3)16-20(4)30(25)37-7)29(35)31(36)33(27)23-12-10-22(11-13-23)32(5)6/h8-18,27,34H,1-7H3/b28-26+. The van der Waals surface area contributed by atoms with Crippen LogP contribution in [0, 0.1) is 13.8 Å². The second kappa shape index (κ2) is 10.6. The van der Waals surface area contributed by atoms with Crippen LogP contribution in [-0.2, 0) is 9.59 Å². The van der Waals surface area contributed by atoms with Gasteiger partial charge in [0.25, 0.3) is 11.7 Å². The van der Waals surface area contributed by atoms with E-state index in [1.54, 1.807) is 18.2 Å². The van der Waals surface area contributed by atoms with Crippen molar-refractivity contribution >= 4 is 28.8 Å². The molecule has 1 atom stereocenters. The van der Waals surface area contributed by atoms with Crippen molar-refractivity contribution in [1.82, 2.24) is 0 Å². The Balaban J connectivity index is 1.94. The highest BCUT2D eigenvalue weighted by Crippen LogP contribution is 2.44. The van der Waals surface area contributed by atoms with Gasteiger partial charge in [-0.05, 0) is 86.8 Å². The minimum absolute atomic E-state index is 0.00118. The Morgan fingerprint density at radius 3 is 2.16 bits per heavy atom. The van der Waals surface area contributed by atoms with Gasteiger partial charge in [-0.2, -0.15) is 0 Å². The number of benzene rings is 3. The number of nitrogens with zero attached hydrogens (tertiary/aromatic N) is 2. The van der Waals surface area contributed by atoms with E-state index in [1.807, 2.05) is 89.2 Å². The van der Waals surface area contributed by atoms with E-state index >= 15 is 0 Å². The summed E-state index contributed by atoms with van der Waals surface area (Å²) in [6.45, 7) is 7.66. The molecule has 1 N–H and O–H groups in total. The highest BCUT2D eigenvalue weighted by Gasteiger charge is 2.47. The van der Waals surface area contributed by atoms with Crippen molar-refractivity contribution in [3.05, 3.63) is 88.5 Å². The molecule has 4 rings (SSSR count). The van der Waals surface area contributed by atoms with Gasteiger partial charge in [-0.25, -0.2) is 0 Å². The molecule has 0 spiro atoms. The molecule has 0 bridgehead atoms. The molecule has 1 saturated heterocycles. The lowest BCUT2D eigenvalue weighted by molar-refractivity contribution is -0.132. The first-order valence-corrected chi connectivity index (χ1v) is 12.5. The Morgan fingerprint density at radius 2 is 1.61 bits per heavy atom. The van der Waals surface area contributed by atoms with Gasteiger partial charge < -0.3 is 19.5 Å². The maximum Gasteiger partial charge on any atom is 0.300 e. The van der Waals surface area contributed by atoms with Crippen LogP contribution in [0.4, 0.5) is 11.4 Å². The second-order valence-electron chi connectivity index (χ2n) is 9.98. The molecule has 38 heavy (non-hydrogen) atoms. The number of Topliss-reactive ketones (excluding diaryl/α,β-unsaturated/α-hetero) is 1. The van der Waals surface area contributed by atoms with E-state index in [1.165, 1.54) is 12.0 Å². The highest BCUT2D eigenvalue weighted by atomic mass is 16.5. The number of carbonyl (C=O) groups excluding carboxylic acids is 2. The van der Waals surface area contributed by atoms with Gasteiger partial charge in [0.2, 0.25) is 0 Å². The average molecular weight is 515 g/mol. The van der Waals surface area contributed by atoms with E-state index in [9.17, 15) is 14.7 Å². The summed E-state index contributed by atoms with van der Waals surface area (Å²) >= 11 is 0. The lowest BCUT2D eigenvalue weighted by Crippen LogP contribution is -2.29. The van der Waals surface area contributed by atoms with Gasteiger partial charge in [-0.3, -0.25) is 14.5 Å². The lowest BCUT2D eigenvalue weighted by atomic mass is 9.93. The van der Waals surface area contributed by atoms with Crippen molar-refractivity contribution in [3.63, 3.8) is 0 Å². The van der Waals surface area contributed by atoms with Crippen LogP contribution in [0.25, 0.3) is 5.76 Å². The van der Waals surface area contributed by atoms with Gasteiger partial charge in [0, 0.05) is 25.5 Å². The Kier molecular flexibility index (Phi) is 7.49. The molecule has 3 aromatic rings. The minimum Gasteiger partial charge on any atom is -0.507 e. The number of rotatable bonds is 7. The predicted octanol–water partition coefficient (Wildman–Crippen LogP) is 5.79. The fraction of sp³-hybridized carbons (Fsp3) is 0.290. The number of methoxy groups -OCH3 is 1. The number of aliphatic hydroxyl groups excluding tert-OH is 1. The van der Waals surface area contributed by atoms with Crippen LogP contribution in [0.2, 0.25) is 0 Å². The van der Waals surface area contributed by atoms with Gasteiger partial charge in [0.15, 0.2) is 0 Å². The van der Waals surface area contributed by atoms with E-state index in [-0.39, 0.29) is 17.4 Å². The third kappa shape index (κ3) is 4.96. The topological polar surface area (TPSA) is 79.3 Å². The van der Waals surface area contributed by atoms with Crippen LogP contribution in [-0.4, -0.2) is 44.1 Å². The molecule has 1 aliphatic rings. The van der Waals surface area contributed by atoms with E-state index in [2.05, 4.69) is 0 Å². The van der Waals surface area contributed by atoms with Crippen LogP contribution in [0.5, 0.6) is 11.5 Å². The number of hydrogen-bond acceptors (Lipinski definition) is 6. The van der Waals surface area contributed by atoms with Gasteiger partial charge >= 0.3 is 0 Å². The summed E-state index contributed by atoms with van der Waals surface area (Å²) in [7, 11) is 5.38. The predicted molar refractivity (Wildman–Crippen MR) is 150 cm³/mol. The monoisotopic (exact) mass is 514 g/mol. The van der Waals surface area contributed by atoms with Crippen molar-refractivity contribution in [2.45, 2.75) is 39.8 Å². The van der Waals surface area contributed by atoms with Crippen molar-refractivity contribution in [1.29, 1.82) is 0 Å². The Labute approximate surface area is 223 Å². The smallest absolute Gasteiger partial charge is 0.300 e. The van der Waals surface area contributed by atoms with Gasteiger partial charge in [0.05, 0.1) is 30.4 Å². The number of carbonyl (C=O) groups is 2. The number of anilines is 2. The molecule has 1 unspecified atom stereocenters. The maximum atomic E-state index is 13.6. The fourth-order valence-electron chi connectivity index (χ4n) is 4.87. The van der Waals surface area contributed by atoms with Crippen molar-refractivity contribution in [3.8, 4) is 11.5 Å². The zero-order valence-electron chi connectivity index (χ0n) is 22.9. The summed E-state index contributed by atoms with van der Waals surface area (Å²) in [5.74, 6) is -0.610. The number of ether oxygens (including phenoxy) is 2. The fourth-order valence-corrected chi connectivity index (χ4v) is 4.87. The summed E-state index contributed by atoms with van der Waals surface area (Å²) in [5, 5.41) is 11.6. The normalized spacial score (nSPS) is 16.7. The minimum atomic E-state index is -0.848. The summed E-state index contributed by atoms with van der Waals surface area (Å²) in [5.41, 5.74) is 4.26. The zero-order chi connectivity index (χ0) is 27.7. The molecule has 1 heterocycles. The molecule has 0 radical (unpaired) electrons. The van der Waals surface area contributed by atoms with E-state index in [0.717, 1.165) is 16.8 Å². The summed E-state index contributed by atoms with van der Waals surface area (Å²) in [6, 6.07) is 17.5. The van der Waals surface area contributed by atoms with E-state index < -0.39 is 17.7 Å². The molecule has 0 saturated carbocycles. The number of ketones is 1. The van der Waals surface area contributed by atoms with Crippen LogP contribution >= 0.6 is 0 Å². The molecule has 1 aliphatic heterocycles. The van der Waals surface area contributed by atoms with E-state index in [4.69, 9.17) is 9.47 Å². The summed E-state index contributed by atoms with van der Waals surface area (Å²) in [6.07, 6.45) is -0.00118. The van der Waals surface area contributed by atoms with Gasteiger partial charge in [-0.15, -0.1) is 0 Å². The van der Waals surface area contributed by atoms with Crippen LogP contribution in [0.3, 0.4) is 0 Å². The molecular formula is C31H34N2O5. The molecule has 1 amide bonds. The van der Waals surface area contributed by atoms with E-state index in [0.29, 0.717) is 28.3 Å². The third-order valence-electron chi connectivity index (χ3n) is 6.53. The first-order valence-electron chi connectivity index (χ1n) is 12.5. The van der Waals surface area contributed by atoms with Crippen LogP contribution < -0.4 is 19.3 Å². The molecule has 0 aromatic heterocycles. The molecular weight excluding hydrogens is 480 g/mol. The molecule has 1 fully saturated rings. The Hall–Kier alpha value is -4.26. The number of aliphatic hydroxyl groups is 1. The largest absolute Gasteiger partial charge is 0.507 e. The summed E-state index contributed by atoms with van der Waals surface area (Å²) < 4.78 is 11.4. The molecule has 3 aromatic carbocycles. The van der Waals surface area contributed by atoms with Crippen molar-refractivity contribution in [2.24, 2.45) is 0 Å². The highest BCUT2D eigenvalue weighted by molar-refractivity contribution is 6.51. The third-order valence-corrected chi connectivity index (χ3v) is 6.53.